The molecule has 1 heterocycles. The van der Waals surface area contributed by atoms with Crippen LogP contribution in [0.4, 0.5) is 0 Å². The molecule has 1 saturated carbocycles. The predicted molar refractivity (Wildman–Crippen MR) is 57.2 cm³/mol. The van der Waals surface area contributed by atoms with Gasteiger partial charge < -0.3 is 4.74 Å². The van der Waals surface area contributed by atoms with Crippen LogP contribution in [0.5, 0.6) is 0 Å². The summed E-state index contributed by atoms with van der Waals surface area (Å²) in [6, 6.07) is 0. The van der Waals surface area contributed by atoms with E-state index in [-0.39, 0.29) is 0 Å². The molecule has 0 aromatic heterocycles. The largest absolute Gasteiger partial charge is 0.370 e. The molecule has 3 rings (SSSR count). The first-order valence-corrected chi connectivity index (χ1v) is 6.13. The van der Waals surface area contributed by atoms with Gasteiger partial charge in [0.1, 0.15) is 0 Å². The van der Waals surface area contributed by atoms with Crippen molar-refractivity contribution >= 4 is 0 Å². The van der Waals surface area contributed by atoms with E-state index in [1.807, 2.05) is 0 Å². The molecule has 3 unspecified atom stereocenters. The van der Waals surface area contributed by atoms with E-state index < -0.39 is 0 Å². The van der Waals surface area contributed by atoms with Gasteiger partial charge in [0, 0.05) is 0 Å². The Kier molecular flexibility index (Phi) is 1.98. The van der Waals surface area contributed by atoms with Crippen molar-refractivity contribution in [1.29, 1.82) is 0 Å². The van der Waals surface area contributed by atoms with E-state index in [9.17, 15) is 0 Å². The van der Waals surface area contributed by atoms with E-state index in [1.54, 1.807) is 5.57 Å². The highest BCUT2D eigenvalue weighted by atomic mass is 16.6. The lowest BCUT2D eigenvalue weighted by Crippen LogP contribution is -2.27. The molecule has 2 aliphatic carbocycles. The number of fused-ring (bicyclic) bond motifs is 1. The van der Waals surface area contributed by atoms with Crippen LogP contribution in [0.1, 0.15) is 51.9 Å². The zero-order valence-corrected chi connectivity index (χ0v) is 9.09. The maximum absolute atomic E-state index is 5.64. The summed E-state index contributed by atoms with van der Waals surface area (Å²) < 4.78 is 5.64. The van der Waals surface area contributed by atoms with Crippen LogP contribution in [-0.2, 0) is 4.74 Å². The second kappa shape index (κ2) is 3.10. The molecule has 0 spiro atoms. The standard InChI is InChI=1S/C13H20O/c1-13(10-5-3-2-4-6-10)8-7-11-12(9-13)14-11/h5,11-12H,2-4,6-9H2,1H3. The van der Waals surface area contributed by atoms with Crippen LogP contribution in [-0.4, -0.2) is 12.2 Å². The van der Waals surface area contributed by atoms with Crippen LogP contribution >= 0.6 is 0 Å². The number of ether oxygens (including phenoxy) is 1. The molecule has 1 aliphatic heterocycles. The first kappa shape index (κ1) is 8.96. The van der Waals surface area contributed by atoms with Crippen molar-refractivity contribution in [3.8, 4) is 0 Å². The maximum atomic E-state index is 5.64. The fourth-order valence-corrected chi connectivity index (χ4v) is 3.30. The van der Waals surface area contributed by atoms with Crippen LogP contribution in [0.15, 0.2) is 11.6 Å². The Morgan fingerprint density at radius 1 is 1.36 bits per heavy atom. The number of rotatable bonds is 1. The lowest BCUT2D eigenvalue weighted by Gasteiger charge is -2.36. The van der Waals surface area contributed by atoms with E-state index >= 15 is 0 Å². The van der Waals surface area contributed by atoms with Gasteiger partial charge in [-0.2, -0.15) is 0 Å². The van der Waals surface area contributed by atoms with Gasteiger partial charge in [-0.05, 0) is 50.4 Å². The molecule has 2 fully saturated rings. The van der Waals surface area contributed by atoms with Gasteiger partial charge in [-0.1, -0.05) is 18.6 Å². The van der Waals surface area contributed by atoms with Crippen molar-refractivity contribution in [2.75, 3.05) is 0 Å². The molecule has 0 radical (unpaired) electrons. The van der Waals surface area contributed by atoms with Gasteiger partial charge in [0.05, 0.1) is 12.2 Å². The summed E-state index contributed by atoms with van der Waals surface area (Å²) >= 11 is 0. The van der Waals surface area contributed by atoms with Crippen molar-refractivity contribution in [3.05, 3.63) is 11.6 Å². The normalized spacial score (nSPS) is 46.8. The Labute approximate surface area is 86.5 Å². The van der Waals surface area contributed by atoms with Crippen molar-refractivity contribution in [3.63, 3.8) is 0 Å². The number of hydrogen-bond donors (Lipinski definition) is 0. The van der Waals surface area contributed by atoms with Crippen molar-refractivity contribution in [2.24, 2.45) is 5.41 Å². The molecule has 1 saturated heterocycles. The van der Waals surface area contributed by atoms with Crippen LogP contribution in [0, 0.1) is 5.41 Å². The summed E-state index contributed by atoms with van der Waals surface area (Å²) in [4.78, 5) is 0. The molecule has 1 nitrogen and oxygen atoms in total. The molecular weight excluding hydrogens is 172 g/mol. The van der Waals surface area contributed by atoms with Gasteiger partial charge in [-0.3, -0.25) is 0 Å². The molecule has 3 atom stereocenters. The maximum Gasteiger partial charge on any atom is 0.0850 e. The monoisotopic (exact) mass is 192 g/mol. The number of allylic oxidation sites excluding steroid dienone is 2. The molecule has 3 aliphatic rings. The average molecular weight is 192 g/mol. The lowest BCUT2D eigenvalue weighted by atomic mass is 9.68. The molecule has 1 heteroatoms. The fraction of sp³-hybridized carbons (Fsp3) is 0.846. The van der Waals surface area contributed by atoms with Crippen LogP contribution < -0.4 is 0 Å². The minimum absolute atomic E-state index is 0.498. The first-order chi connectivity index (χ1) is 6.78. The minimum Gasteiger partial charge on any atom is -0.370 e. The molecule has 0 bridgehead atoms. The minimum atomic E-state index is 0.498. The number of epoxide rings is 1. The van der Waals surface area contributed by atoms with Gasteiger partial charge >= 0.3 is 0 Å². The third-order valence-corrected chi connectivity index (χ3v) is 4.39. The summed E-state index contributed by atoms with van der Waals surface area (Å²) in [6.07, 6.45) is 13.2. The Morgan fingerprint density at radius 2 is 2.29 bits per heavy atom. The quantitative estimate of drug-likeness (QED) is 0.458. The van der Waals surface area contributed by atoms with Gasteiger partial charge in [0.15, 0.2) is 0 Å². The molecule has 0 aromatic rings. The fourth-order valence-electron chi connectivity index (χ4n) is 3.30. The lowest BCUT2D eigenvalue weighted by molar-refractivity contribution is 0.274. The zero-order valence-electron chi connectivity index (χ0n) is 9.09. The van der Waals surface area contributed by atoms with E-state index in [0.717, 1.165) is 0 Å². The van der Waals surface area contributed by atoms with E-state index in [0.29, 0.717) is 17.6 Å². The summed E-state index contributed by atoms with van der Waals surface area (Å²) in [5.74, 6) is 0. The van der Waals surface area contributed by atoms with Gasteiger partial charge in [-0.25, -0.2) is 0 Å². The highest BCUT2D eigenvalue weighted by Crippen LogP contribution is 2.51. The SMILES string of the molecule is CC1(C2=CCCCC2)CCC2OC2C1. The second-order valence-electron chi connectivity index (χ2n) is 5.49. The van der Waals surface area contributed by atoms with Gasteiger partial charge in [0.25, 0.3) is 0 Å². The molecule has 0 amide bonds. The van der Waals surface area contributed by atoms with Crippen molar-refractivity contribution < 1.29 is 4.74 Å². The zero-order chi connectivity index (χ0) is 9.60. The summed E-state index contributed by atoms with van der Waals surface area (Å²) in [5, 5.41) is 0. The Balaban J connectivity index is 1.77. The Hall–Kier alpha value is -0.300. The third kappa shape index (κ3) is 1.42. The molecule has 14 heavy (non-hydrogen) atoms. The Bertz CT molecular complexity index is 268. The summed E-state index contributed by atoms with van der Waals surface area (Å²) in [7, 11) is 0. The van der Waals surface area contributed by atoms with Crippen molar-refractivity contribution in [1.82, 2.24) is 0 Å². The van der Waals surface area contributed by atoms with Gasteiger partial charge in [0.2, 0.25) is 0 Å². The average Bonchev–Trinajstić information content (AvgIpc) is 2.97. The van der Waals surface area contributed by atoms with E-state index in [4.69, 9.17) is 4.74 Å². The topological polar surface area (TPSA) is 12.5 Å². The molecular formula is C13H20O. The number of hydrogen-bond acceptors (Lipinski definition) is 1. The Morgan fingerprint density at radius 3 is 3.00 bits per heavy atom. The first-order valence-electron chi connectivity index (χ1n) is 6.13. The third-order valence-electron chi connectivity index (χ3n) is 4.39. The molecule has 78 valence electrons. The van der Waals surface area contributed by atoms with Crippen molar-refractivity contribution in [2.45, 2.75) is 64.1 Å². The van der Waals surface area contributed by atoms with E-state index in [1.165, 1.54) is 44.9 Å². The van der Waals surface area contributed by atoms with Crippen LogP contribution in [0.25, 0.3) is 0 Å². The molecule has 0 aromatic carbocycles. The smallest absolute Gasteiger partial charge is 0.0850 e. The van der Waals surface area contributed by atoms with Gasteiger partial charge in [-0.15, -0.1) is 0 Å². The molecule has 0 N–H and O–H groups in total. The predicted octanol–water partition coefficient (Wildman–Crippen LogP) is 3.44. The highest BCUT2D eigenvalue weighted by molar-refractivity contribution is 5.19. The highest BCUT2D eigenvalue weighted by Gasteiger charge is 2.49. The second-order valence-corrected chi connectivity index (χ2v) is 5.49. The summed E-state index contributed by atoms with van der Waals surface area (Å²) in [6.45, 7) is 2.46. The summed E-state index contributed by atoms with van der Waals surface area (Å²) in [5.41, 5.74) is 2.25. The van der Waals surface area contributed by atoms with Crippen LogP contribution in [0.3, 0.4) is 0 Å². The van der Waals surface area contributed by atoms with Crippen LogP contribution in [0.2, 0.25) is 0 Å². The van der Waals surface area contributed by atoms with E-state index in [2.05, 4.69) is 13.0 Å².